The molecule has 0 aliphatic heterocycles. The molecule has 0 unspecified atom stereocenters. The molecule has 130 valence electrons. The molecule has 2 aromatic carbocycles. The highest BCUT2D eigenvalue weighted by atomic mass is 35.5. The lowest BCUT2D eigenvalue weighted by Crippen LogP contribution is -2.20. The summed E-state index contributed by atoms with van der Waals surface area (Å²) in [6.45, 7) is 1.69. The number of halogens is 2. The van der Waals surface area contributed by atoms with E-state index < -0.39 is 11.9 Å². The number of carbonyl (C=O) groups is 2. The van der Waals surface area contributed by atoms with Gasteiger partial charge in [-0.1, -0.05) is 48.3 Å². The maximum absolute atomic E-state index is 11.8. The summed E-state index contributed by atoms with van der Waals surface area (Å²) in [5, 5.41) is 3.49. The molecule has 0 fully saturated rings. The van der Waals surface area contributed by atoms with Crippen molar-refractivity contribution in [3.05, 3.63) is 69.7 Å². The van der Waals surface area contributed by atoms with Gasteiger partial charge in [-0.2, -0.15) is 0 Å². The molecule has 6 heteroatoms. The van der Waals surface area contributed by atoms with Crippen LogP contribution in [0.3, 0.4) is 0 Å². The van der Waals surface area contributed by atoms with Crippen molar-refractivity contribution in [2.75, 3.05) is 11.9 Å². The second kappa shape index (κ2) is 9.25. The number of anilines is 1. The van der Waals surface area contributed by atoms with Gasteiger partial charge in [-0.3, -0.25) is 4.79 Å². The lowest BCUT2D eigenvalue weighted by molar-refractivity contribution is -0.142. The van der Waals surface area contributed by atoms with E-state index in [2.05, 4.69) is 12.2 Å². The van der Waals surface area contributed by atoms with Crippen molar-refractivity contribution in [3.8, 4) is 0 Å². The fourth-order valence-electron chi connectivity index (χ4n) is 1.99. The Morgan fingerprint density at radius 1 is 1.08 bits per heavy atom. The molecule has 0 heterocycles. The molecule has 25 heavy (non-hydrogen) atoms. The number of nitrogens with one attached hydrogen (secondary N) is 1. The van der Waals surface area contributed by atoms with Crippen LogP contribution in [0.2, 0.25) is 10.0 Å². The number of amides is 1. The lowest BCUT2D eigenvalue weighted by Gasteiger charge is -2.06. The van der Waals surface area contributed by atoms with Crippen LogP contribution in [0.25, 0.3) is 6.08 Å². The Morgan fingerprint density at radius 2 is 1.80 bits per heavy atom. The molecule has 0 aliphatic carbocycles. The summed E-state index contributed by atoms with van der Waals surface area (Å²) in [5.41, 5.74) is 2.54. The summed E-state index contributed by atoms with van der Waals surface area (Å²) in [7, 11) is 0. The van der Waals surface area contributed by atoms with Crippen LogP contribution in [0.5, 0.6) is 0 Å². The van der Waals surface area contributed by atoms with E-state index >= 15 is 0 Å². The second-order valence-corrected chi connectivity index (χ2v) is 6.03. The van der Waals surface area contributed by atoms with Gasteiger partial charge >= 0.3 is 5.97 Å². The number of esters is 1. The number of hydrogen-bond acceptors (Lipinski definition) is 3. The van der Waals surface area contributed by atoms with Crippen molar-refractivity contribution in [1.29, 1.82) is 0 Å². The summed E-state index contributed by atoms with van der Waals surface area (Å²) in [6, 6.07) is 12.5. The maximum Gasteiger partial charge on any atom is 0.331 e. The standard InChI is InChI=1S/C19H17Cl2NO3/c1-2-13-3-7-15(8-4-13)22-18(23)12-25-19(24)10-6-14-5-9-16(20)17(21)11-14/h3-11H,2,12H2,1H3,(H,22,23)/b10-6+. The van der Waals surface area contributed by atoms with Crippen LogP contribution in [0.1, 0.15) is 18.1 Å². The van der Waals surface area contributed by atoms with Crippen LogP contribution in [-0.2, 0) is 20.7 Å². The van der Waals surface area contributed by atoms with Crippen LogP contribution in [0.4, 0.5) is 5.69 Å². The van der Waals surface area contributed by atoms with Gasteiger partial charge in [0, 0.05) is 11.8 Å². The van der Waals surface area contributed by atoms with Gasteiger partial charge in [0.25, 0.3) is 5.91 Å². The van der Waals surface area contributed by atoms with Crippen LogP contribution in [0.15, 0.2) is 48.5 Å². The van der Waals surface area contributed by atoms with Gasteiger partial charge in [0.05, 0.1) is 10.0 Å². The highest BCUT2D eigenvalue weighted by molar-refractivity contribution is 6.42. The molecular formula is C19H17Cl2NO3. The van der Waals surface area contributed by atoms with Gasteiger partial charge in [-0.25, -0.2) is 4.79 Å². The molecule has 0 radical (unpaired) electrons. The average molecular weight is 378 g/mol. The number of carbonyl (C=O) groups excluding carboxylic acids is 2. The number of hydrogen-bond donors (Lipinski definition) is 1. The Hall–Kier alpha value is -2.30. The van der Waals surface area contributed by atoms with Crippen LogP contribution >= 0.6 is 23.2 Å². The number of ether oxygens (including phenoxy) is 1. The maximum atomic E-state index is 11.8. The number of aryl methyl sites for hydroxylation is 1. The van der Waals surface area contributed by atoms with Crippen molar-refractivity contribution >= 4 is 46.8 Å². The summed E-state index contributed by atoms with van der Waals surface area (Å²) in [5.74, 6) is -1.02. The van der Waals surface area contributed by atoms with E-state index in [0.29, 0.717) is 21.3 Å². The molecular weight excluding hydrogens is 361 g/mol. The predicted molar refractivity (Wildman–Crippen MR) is 101 cm³/mol. The highest BCUT2D eigenvalue weighted by Gasteiger charge is 2.06. The van der Waals surface area contributed by atoms with E-state index in [-0.39, 0.29) is 6.61 Å². The molecule has 1 amide bonds. The minimum Gasteiger partial charge on any atom is -0.452 e. The molecule has 0 bridgehead atoms. The van der Waals surface area contributed by atoms with Crippen molar-refractivity contribution in [3.63, 3.8) is 0 Å². The van der Waals surface area contributed by atoms with E-state index in [0.717, 1.165) is 6.42 Å². The molecule has 0 aliphatic rings. The third-order valence-electron chi connectivity index (χ3n) is 3.35. The minimum atomic E-state index is -0.623. The Balaban J connectivity index is 1.81. The summed E-state index contributed by atoms with van der Waals surface area (Å²) in [4.78, 5) is 23.4. The second-order valence-electron chi connectivity index (χ2n) is 5.21. The fourth-order valence-corrected chi connectivity index (χ4v) is 2.29. The largest absolute Gasteiger partial charge is 0.452 e. The third-order valence-corrected chi connectivity index (χ3v) is 4.09. The smallest absolute Gasteiger partial charge is 0.331 e. The molecule has 0 saturated heterocycles. The summed E-state index contributed by atoms with van der Waals surface area (Å²) < 4.78 is 4.90. The van der Waals surface area contributed by atoms with Crippen molar-refractivity contribution in [1.82, 2.24) is 0 Å². The first-order valence-electron chi connectivity index (χ1n) is 7.66. The van der Waals surface area contributed by atoms with Crippen LogP contribution < -0.4 is 5.32 Å². The third kappa shape index (κ3) is 6.25. The zero-order valence-corrected chi connectivity index (χ0v) is 15.1. The van der Waals surface area contributed by atoms with E-state index in [1.165, 1.54) is 17.7 Å². The van der Waals surface area contributed by atoms with Gasteiger partial charge in [0.2, 0.25) is 0 Å². The van der Waals surface area contributed by atoms with Gasteiger partial charge in [0.15, 0.2) is 6.61 Å². The first-order chi connectivity index (χ1) is 12.0. The molecule has 0 saturated carbocycles. The first kappa shape index (κ1) is 19.0. The number of benzene rings is 2. The molecule has 4 nitrogen and oxygen atoms in total. The average Bonchev–Trinajstić information content (AvgIpc) is 2.61. The van der Waals surface area contributed by atoms with Crippen LogP contribution in [-0.4, -0.2) is 18.5 Å². The predicted octanol–water partition coefficient (Wildman–Crippen LogP) is 4.75. The first-order valence-corrected chi connectivity index (χ1v) is 8.42. The van der Waals surface area contributed by atoms with E-state index in [4.69, 9.17) is 27.9 Å². The molecule has 0 atom stereocenters. The summed E-state index contributed by atoms with van der Waals surface area (Å²) >= 11 is 11.7. The minimum absolute atomic E-state index is 0.361. The lowest BCUT2D eigenvalue weighted by atomic mass is 10.1. The van der Waals surface area contributed by atoms with E-state index in [9.17, 15) is 9.59 Å². The van der Waals surface area contributed by atoms with Gasteiger partial charge < -0.3 is 10.1 Å². The van der Waals surface area contributed by atoms with Crippen molar-refractivity contribution < 1.29 is 14.3 Å². The molecule has 2 rings (SSSR count). The van der Waals surface area contributed by atoms with E-state index in [1.54, 1.807) is 18.2 Å². The summed E-state index contributed by atoms with van der Waals surface area (Å²) in [6.07, 6.45) is 3.69. The molecule has 0 aromatic heterocycles. The molecule has 1 N–H and O–H groups in total. The quantitative estimate of drug-likeness (QED) is 0.583. The molecule has 2 aromatic rings. The normalized spacial score (nSPS) is 10.7. The number of rotatable bonds is 6. The van der Waals surface area contributed by atoms with E-state index in [1.807, 2.05) is 24.3 Å². The van der Waals surface area contributed by atoms with Gasteiger partial charge in [0.1, 0.15) is 0 Å². The van der Waals surface area contributed by atoms with Crippen molar-refractivity contribution in [2.45, 2.75) is 13.3 Å². The Bertz CT molecular complexity index is 786. The zero-order valence-electron chi connectivity index (χ0n) is 13.6. The molecule has 0 spiro atoms. The fraction of sp³-hybridized carbons (Fsp3) is 0.158. The van der Waals surface area contributed by atoms with Gasteiger partial charge in [-0.15, -0.1) is 0 Å². The van der Waals surface area contributed by atoms with Crippen molar-refractivity contribution in [2.24, 2.45) is 0 Å². The Kier molecular flexibility index (Phi) is 7.04. The zero-order chi connectivity index (χ0) is 18.2. The monoisotopic (exact) mass is 377 g/mol. The topological polar surface area (TPSA) is 55.4 Å². The highest BCUT2D eigenvalue weighted by Crippen LogP contribution is 2.23. The van der Waals surface area contributed by atoms with Crippen LogP contribution in [0, 0.1) is 0 Å². The van der Waals surface area contributed by atoms with Gasteiger partial charge in [-0.05, 0) is 47.9 Å². The Morgan fingerprint density at radius 3 is 2.44 bits per heavy atom. The SMILES string of the molecule is CCc1ccc(NC(=O)COC(=O)/C=C/c2ccc(Cl)c(Cl)c2)cc1. The Labute approximate surface area is 156 Å².